The number of methoxy groups -OCH3 is 1. The Morgan fingerprint density at radius 3 is 2.88 bits per heavy atom. The molecule has 0 heterocycles. The van der Waals surface area contributed by atoms with E-state index in [1.807, 2.05) is 13.0 Å². The monoisotopic (exact) mass is 252 g/mol. The maximum atomic E-state index is 10.8. The molecule has 1 aromatic carbocycles. The summed E-state index contributed by atoms with van der Waals surface area (Å²) >= 11 is 5.95. The van der Waals surface area contributed by atoms with Crippen LogP contribution in [0.15, 0.2) is 12.1 Å². The van der Waals surface area contributed by atoms with Crippen molar-refractivity contribution in [2.75, 3.05) is 13.7 Å². The number of benzene rings is 1. The minimum absolute atomic E-state index is 0.378. The second-order valence-corrected chi connectivity index (χ2v) is 3.97. The molecule has 1 N–H and O–H groups in total. The number of hydrogen-bond donors (Lipinski definition) is 1. The molecular formula is C12H13ClN2O2. The quantitative estimate of drug-likeness (QED) is 0.832. The summed E-state index contributed by atoms with van der Waals surface area (Å²) in [5.74, 6) is 0.128. The normalized spacial score (nSPS) is 9.53. The summed E-state index contributed by atoms with van der Waals surface area (Å²) in [6.45, 7) is 2.28. The first-order valence-corrected chi connectivity index (χ1v) is 5.47. The van der Waals surface area contributed by atoms with Gasteiger partial charge in [-0.15, -0.1) is 0 Å². The zero-order valence-corrected chi connectivity index (χ0v) is 10.5. The molecule has 0 atom stereocenters. The number of nitrogens with zero attached hydrogens (tertiary/aromatic N) is 1. The molecule has 1 amide bonds. The van der Waals surface area contributed by atoms with Crippen molar-refractivity contribution in [1.29, 1.82) is 5.26 Å². The van der Waals surface area contributed by atoms with Gasteiger partial charge in [-0.25, -0.2) is 0 Å². The number of amides is 1. The fourth-order valence-electron chi connectivity index (χ4n) is 1.63. The first kappa shape index (κ1) is 13.3. The number of nitriles is 1. The Morgan fingerprint density at radius 2 is 2.29 bits per heavy atom. The summed E-state index contributed by atoms with van der Waals surface area (Å²) < 4.78 is 5.28. The van der Waals surface area contributed by atoms with E-state index in [1.54, 1.807) is 13.2 Å². The standard InChI is InChI=1S/C12H13ClN2O2/c1-8-5-10(13)6-9(12(8)17-2)3-4-15-11(16)7-14/h5-6H,3-4H2,1-2H3,(H,15,16). The van der Waals surface area contributed by atoms with Crippen molar-refractivity contribution in [3.05, 3.63) is 28.3 Å². The molecule has 0 aliphatic heterocycles. The molecule has 0 aromatic heterocycles. The molecule has 5 heteroatoms. The van der Waals surface area contributed by atoms with Crippen LogP contribution in [0.4, 0.5) is 0 Å². The molecule has 1 aromatic rings. The number of aryl methyl sites for hydroxylation is 1. The second-order valence-electron chi connectivity index (χ2n) is 3.53. The number of ether oxygens (including phenoxy) is 1. The van der Waals surface area contributed by atoms with Crippen LogP contribution in [0.2, 0.25) is 5.02 Å². The van der Waals surface area contributed by atoms with Gasteiger partial charge in [0.15, 0.2) is 6.07 Å². The molecule has 17 heavy (non-hydrogen) atoms. The van der Waals surface area contributed by atoms with Gasteiger partial charge in [0.05, 0.1) is 7.11 Å². The first-order chi connectivity index (χ1) is 8.08. The second kappa shape index (κ2) is 6.12. The van der Waals surface area contributed by atoms with Gasteiger partial charge in [0, 0.05) is 11.6 Å². The average Bonchev–Trinajstić information content (AvgIpc) is 2.28. The fourth-order valence-corrected chi connectivity index (χ4v) is 1.92. The molecule has 0 spiro atoms. The molecule has 0 saturated carbocycles. The third-order valence-electron chi connectivity index (χ3n) is 2.30. The number of nitrogens with one attached hydrogen (secondary N) is 1. The highest BCUT2D eigenvalue weighted by atomic mass is 35.5. The largest absolute Gasteiger partial charge is 0.496 e. The third-order valence-corrected chi connectivity index (χ3v) is 2.52. The van der Waals surface area contributed by atoms with E-state index in [4.69, 9.17) is 21.6 Å². The van der Waals surface area contributed by atoms with E-state index >= 15 is 0 Å². The van der Waals surface area contributed by atoms with Crippen LogP contribution in [-0.4, -0.2) is 19.6 Å². The third kappa shape index (κ3) is 3.65. The number of carbonyl (C=O) groups excluding carboxylic acids is 1. The average molecular weight is 253 g/mol. The summed E-state index contributed by atoms with van der Waals surface area (Å²) in [5, 5.41) is 11.4. The Labute approximate surface area is 105 Å². The van der Waals surface area contributed by atoms with E-state index < -0.39 is 5.91 Å². The molecule has 0 aliphatic carbocycles. The van der Waals surface area contributed by atoms with Gasteiger partial charge in [-0.2, -0.15) is 5.26 Å². The molecule has 1 rings (SSSR count). The Morgan fingerprint density at radius 1 is 1.59 bits per heavy atom. The summed E-state index contributed by atoms with van der Waals surface area (Å²) in [5.41, 5.74) is 1.86. The number of halogens is 1. The Hall–Kier alpha value is -1.73. The molecule has 4 nitrogen and oxygen atoms in total. The van der Waals surface area contributed by atoms with Crippen molar-refractivity contribution >= 4 is 17.5 Å². The van der Waals surface area contributed by atoms with Gasteiger partial charge in [-0.3, -0.25) is 4.79 Å². The Bertz CT molecular complexity index is 466. The highest BCUT2D eigenvalue weighted by Crippen LogP contribution is 2.27. The fraction of sp³-hybridized carbons (Fsp3) is 0.333. The van der Waals surface area contributed by atoms with Crippen LogP contribution in [-0.2, 0) is 11.2 Å². The van der Waals surface area contributed by atoms with Crippen LogP contribution in [0, 0.1) is 18.3 Å². The minimum atomic E-state index is -0.636. The Kier molecular flexibility index (Phi) is 4.80. The van der Waals surface area contributed by atoms with Crippen LogP contribution in [0.1, 0.15) is 11.1 Å². The molecular weight excluding hydrogens is 240 g/mol. The van der Waals surface area contributed by atoms with Gasteiger partial charge in [0.25, 0.3) is 0 Å². The molecule has 0 aliphatic rings. The van der Waals surface area contributed by atoms with Crippen LogP contribution >= 0.6 is 11.6 Å². The van der Waals surface area contributed by atoms with Gasteiger partial charge in [-0.05, 0) is 36.6 Å². The van der Waals surface area contributed by atoms with Gasteiger partial charge < -0.3 is 10.1 Å². The zero-order valence-electron chi connectivity index (χ0n) is 9.71. The summed E-state index contributed by atoms with van der Waals surface area (Å²) in [6, 6.07) is 5.11. The highest BCUT2D eigenvalue weighted by molar-refractivity contribution is 6.30. The summed E-state index contributed by atoms with van der Waals surface area (Å²) in [6.07, 6.45) is 0.567. The molecule has 0 unspecified atom stereocenters. The van der Waals surface area contributed by atoms with Crippen molar-refractivity contribution in [3.63, 3.8) is 0 Å². The van der Waals surface area contributed by atoms with E-state index in [0.717, 1.165) is 16.9 Å². The lowest BCUT2D eigenvalue weighted by molar-refractivity contribution is -0.115. The van der Waals surface area contributed by atoms with Gasteiger partial charge in [0.1, 0.15) is 5.75 Å². The van der Waals surface area contributed by atoms with Crippen LogP contribution in [0.25, 0.3) is 0 Å². The number of hydrogen-bond acceptors (Lipinski definition) is 3. The van der Waals surface area contributed by atoms with E-state index in [1.165, 1.54) is 6.07 Å². The van der Waals surface area contributed by atoms with E-state index in [9.17, 15) is 4.79 Å². The zero-order chi connectivity index (χ0) is 12.8. The van der Waals surface area contributed by atoms with Gasteiger partial charge in [0.2, 0.25) is 0 Å². The topological polar surface area (TPSA) is 62.1 Å². The summed E-state index contributed by atoms with van der Waals surface area (Å²) in [4.78, 5) is 10.8. The SMILES string of the molecule is COc1c(C)cc(Cl)cc1CCNC(=O)C#N. The predicted molar refractivity (Wildman–Crippen MR) is 65.1 cm³/mol. The smallest absolute Gasteiger partial charge is 0.322 e. The van der Waals surface area contributed by atoms with Crippen molar-refractivity contribution in [3.8, 4) is 11.8 Å². The first-order valence-electron chi connectivity index (χ1n) is 5.09. The van der Waals surface area contributed by atoms with E-state index in [2.05, 4.69) is 5.32 Å². The van der Waals surface area contributed by atoms with E-state index in [-0.39, 0.29) is 0 Å². The Balaban J connectivity index is 2.77. The van der Waals surface area contributed by atoms with Crippen LogP contribution in [0.5, 0.6) is 5.75 Å². The highest BCUT2D eigenvalue weighted by Gasteiger charge is 2.08. The number of carbonyl (C=O) groups is 1. The van der Waals surface area contributed by atoms with E-state index in [0.29, 0.717) is 18.0 Å². The lowest BCUT2D eigenvalue weighted by atomic mass is 10.1. The summed E-state index contributed by atoms with van der Waals surface area (Å²) in [7, 11) is 1.59. The van der Waals surface area contributed by atoms with Crippen molar-refractivity contribution < 1.29 is 9.53 Å². The molecule has 0 fully saturated rings. The molecule has 90 valence electrons. The molecule has 0 radical (unpaired) electrons. The lowest BCUT2D eigenvalue weighted by Gasteiger charge is -2.12. The maximum Gasteiger partial charge on any atom is 0.322 e. The minimum Gasteiger partial charge on any atom is -0.496 e. The lowest BCUT2D eigenvalue weighted by Crippen LogP contribution is -2.23. The predicted octanol–water partition coefficient (Wildman–Crippen LogP) is 1.84. The van der Waals surface area contributed by atoms with Gasteiger partial charge >= 0.3 is 5.91 Å². The number of rotatable bonds is 4. The van der Waals surface area contributed by atoms with Crippen LogP contribution < -0.4 is 10.1 Å². The van der Waals surface area contributed by atoms with Crippen LogP contribution in [0.3, 0.4) is 0 Å². The molecule has 0 saturated heterocycles. The van der Waals surface area contributed by atoms with Crippen molar-refractivity contribution in [1.82, 2.24) is 5.32 Å². The maximum absolute atomic E-state index is 10.8. The van der Waals surface area contributed by atoms with Gasteiger partial charge in [-0.1, -0.05) is 11.6 Å². The van der Waals surface area contributed by atoms with Crippen molar-refractivity contribution in [2.45, 2.75) is 13.3 Å². The molecule has 0 bridgehead atoms. The van der Waals surface area contributed by atoms with Crippen molar-refractivity contribution in [2.24, 2.45) is 0 Å².